The number of hydrogen-bond acceptors (Lipinski definition) is 2. The number of aromatic nitrogens is 1. The van der Waals surface area contributed by atoms with Gasteiger partial charge in [-0.3, -0.25) is 4.98 Å². The Kier molecular flexibility index (Phi) is 4.32. The van der Waals surface area contributed by atoms with Crippen molar-refractivity contribution in [1.29, 1.82) is 0 Å². The van der Waals surface area contributed by atoms with Gasteiger partial charge < -0.3 is 5.73 Å². The third-order valence-electron chi connectivity index (χ3n) is 2.59. The third kappa shape index (κ3) is 3.07. The number of hydrogen-bond donors (Lipinski definition) is 1. The molecule has 2 N–H and O–H groups in total. The quantitative estimate of drug-likeness (QED) is 0.928. The molecule has 0 aliphatic carbocycles. The Morgan fingerprint density at radius 1 is 1.33 bits per heavy atom. The molecule has 0 saturated carbocycles. The van der Waals surface area contributed by atoms with Crippen molar-refractivity contribution in [3.05, 3.63) is 63.1 Å². The number of nitrogens with two attached hydrogens (primary N) is 1. The van der Waals surface area contributed by atoms with Crippen LogP contribution in [0, 0.1) is 5.82 Å². The molecule has 2 aromatic rings. The predicted octanol–water partition coefficient (Wildman–Crippen LogP) is 3.88. The van der Waals surface area contributed by atoms with Gasteiger partial charge in [-0.05, 0) is 40.2 Å². The Labute approximate surface area is 118 Å². The molecule has 2 rings (SSSR count). The summed E-state index contributed by atoms with van der Waals surface area (Å²) < 4.78 is 14.6. The zero-order chi connectivity index (χ0) is 13.1. The van der Waals surface area contributed by atoms with Crippen LogP contribution in [0.15, 0.2) is 41.0 Å². The summed E-state index contributed by atoms with van der Waals surface area (Å²) in [5.74, 6) is -0.382. The van der Waals surface area contributed by atoms with Crippen molar-refractivity contribution in [2.75, 3.05) is 0 Å². The first-order valence-corrected chi connectivity index (χ1v) is 6.55. The van der Waals surface area contributed by atoms with Gasteiger partial charge in [0.05, 0.1) is 0 Å². The zero-order valence-electron chi connectivity index (χ0n) is 9.41. The maximum absolute atomic E-state index is 13.7. The van der Waals surface area contributed by atoms with Crippen LogP contribution >= 0.6 is 27.5 Å². The molecule has 1 atom stereocenters. The van der Waals surface area contributed by atoms with E-state index >= 15 is 0 Å². The summed E-state index contributed by atoms with van der Waals surface area (Å²) in [7, 11) is 0. The van der Waals surface area contributed by atoms with Crippen molar-refractivity contribution < 1.29 is 4.39 Å². The van der Waals surface area contributed by atoms with E-state index in [1.165, 1.54) is 6.07 Å². The summed E-state index contributed by atoms with van der Waals surface area (Å²) in [6, 6.07) is 7.76. The van der Waals surface area contributed by atoms with Gasteiger partial charge in [-0.15, -0.1) is 0 Å². The highest BCUT2D eigenvalue weighted by Crippen LogP contribution is 2.26. The van der Waals surface area contributed by atoms with Crippen LogP contribution in [0.2, 0.25) is 5.02 Å². The van der Waals surface area contributed by atoms with Crippen molar-refractivity contribution in [3.8, 4) is 0 Å². The van der Waals surface area contributed by atoms with Gasteiger partial charge in [0.2, 0.25) is 0 Å². The van der Waals surface area contributed by atoms with Gasteiger partial charge in [0.15, 0.2) is 0 Å². The molecule has 1 unspecified atom stereocenters. The number of nitrogens with zero attached hydrogens (tertiary/aromatic N) is 1. The minimum absolute atomic E-state index is 0.337. The lowest BCUT2D eigenvalue weighted by molar-refractivity contribution is 0.578. The highest BCUT2D eigenvalue weighted by molar-refractivity contribution is 9.10. The smallest absolute Gasteiger partial charge is 0.129 e. The molecule has 0 radical (unpaired) electrons. The van der Waals surface area contributed by atoms with Crippen molar-refractivity contribution in [2.24, 2.45) is 5.73 Å². The lowest BCUT2D eigenvalue weighted by atomic mass is 10.0. The van der Waals surface area contributed by atoms with E-state index < -0.39 is 6.04 Å². The molecule has 0 aliphatic heterocycles. The van der Waals surface area contributed by atoms with Gasteiger partial charge in [0.1, 0.15) is 5.82 Å². The molecule has 1 heterocycles. The van der Waals surface area contributed by atoms with Gasteiger partial charge in [-0.2, -0.15) is 0 Å². The van der Waals surface area contributed by atoms with Crippen LogP contribution in [0.1, 0.15) is 17.3 Å². The summed E-state index contributed by atoms with van der Waals surface area (Å²) in [6.45, 7) is 0. The van der Waals surface area contributed by atoms with Gasteiger partial charge in [0, 0.05) is 39.4 Å². The maximum Gasteiger partial charge on any atom is 0.129 e. The lowest BCUT2D eigenvalue weighted by Gasteiger charge is -2.14. The van der Waals surface area contributed by atoms with E-state index in [1.807, 2.05) is 12.1 Å². The van der Waals surface area contributed by atoms with E-state index in [4.69, 9.17) is 17.3 Å². The minimum atomic E-state index is -0.507. The molecule has 0 spiro atoms. The monoisotopic (exact) mass is 328 g/mol. The van der Waals surface area contributed by atoms with Crippen LogP contribution in [0.5, 0.6) is 0 Å². The van der Waals surface area contributed by atoms with E-state index in [9.17, 15) is 4.39 Å². The van der Waals surface area contributed by atoms with Gasteiger partial charge in [-0.1, -0.05) is 17.7 Å². The highest BCUT2D eigenvalue weighted by atomic mass is 79.9. The topological polar surface area (TPSA) is 38.9 Å². The summed E-state index contributed by atoms with van der Waals surface area (Å²) in [5.41, 5.74) is 7.12. The van der Waals surface area contributed by atoms with Crippen molar-refractivity contribution in [1.82, 2.24) is 4.98 Å². The van der Waals surface area contributed by atoms with Crippen molar-refractivity contribution in [3.63, 3.8) is 0 Å². The van der Waals surface area contributed by atoms with E-state index in [2.05, 4.69) is 20.9 Å². The fourth-order valence-corrected chi connectivity index (χ4v) is 2.26. The molecule has 94 valence electrons. The van der Waals surface area contributed by atoms with Crippen molar-refractivity contribution in [2.45, 2.75) is 12.5 Å². The summed E-state index contributed by atoms with van der Waals surface area (Å²) in [5, 5.41) is 0.347. The molecule has 0 bridgehead atoms. The first kappa shape index (κ1) is 13.5. The lowest BCUT2D eigenvalue weighted by Crippen LogP contribution is -2.16. The van der Waals surface area contributed by atoms with Gasteiger partial charge in [-0.25, -0.2) is 4.39 Å². The molecule has 0 saturated heterocycles. The van der Waals surface area contributed by atoms with Gasteiger partial charge in [0.25, 0.3) is 0 Å². The Hall–Kier alpha value is -0.970. The van der Waals surface area contributed by atoms with Crippen LogP contribution in [0.3, 0.4) is 0 Å². The van der Waals surface area contributed by atoms with Gasteiger partial charge >= 0.3 is 0 Å². The van der Waals surface area contributed by atoms with Crippen LogP contribution in [-0.4, -0.2) is 4.98 Å². The van der Waals surface area contributed by atoms with Crippen LogP contribution in [0.25, 0.3) is 0 Å². The SMILES string of the molecule is NC(Cc1ccc(Br)cn1)c1c(F)cccc1Cl. The van der Waals surface area contributed by atoms with E-state index in [1.54, 1.807) is 18.3 Å². The summed E-state index contributed by atoms with van der Waals surface area (Å²) in [4.78, 5) is 4.21. The van der Waals surface area contributed by atoms with Crippen molar-refractivity contribution >= 4 is 27.5 Å². The molecular weight excluding hydrogens is 319 g/mol. The molecule has 0 aliphatic rings. The number of benzene rings is 1. The zero-order valence-corrected chi connectivity index (χ0v) is 11.7. The average molecular weight is 330 g/mol. The fourth-order valence-electron chi connectivity index (χ4n) is 1.72. The Bertz CT molecular complexity index is 525. The first-order chi connectivity index (χ1) is 8.58. The molecule has 18 heavy (non-hydrogen) atoms. The first-order valence-electron chi connectivity index (χ1n) is 5.38. The summed E-state index contributed by atoms with van der Waals surface area (Å²) in [6.07, 6.45) is 2.12. The highest BCUT2D eigenvalue weighted by Gasteiger charge is 2.16. The molecule has 0 fully saturated rings. The molecule has 5 heteroatoms. The van der Waals surface area contributed by atoms with Crippen LogP contribution < -0.4 is 5.73 Å². The number of halogens is 3. The second-order valence-corrected chi connectivity index (χ2v) is 5.24. The molecule has 1 aromatic carbocycles. The molecule has 1 aromatic heterocycles. The standard InChI is InChI=1S/C13H11BrClFN2/c14-8-4-5-9(18-7-8)6-12(17)13-10(15)2-1-3-11(13)16/h1-5,7,12H,6,17H2. The van der Waals surface area contributed by atoms with E-state index in [0.29, 0.717) is 17.0 Å². The number of pyridine rings is 1. The normalized spacial score (nSPS) is 12.4. The Balaban J connectivity index is 2.22. The molecule has 2 nitrogen and oxygen atoms in total. The number of rotatable bonds is 3. The minimum Gasteiger partial charge on any atom is -0.323 e. The van der Waals surface area contributed by atoms with E-state index in [-0.39, 0.29) is 5.82 Å². The predicted molar refractivity (Wildman–Crippen MR) is 74.0 cm³/mol. The Morgan fingerprint density at radius 2 is 2.11 bits per heavy atom. The summed E-state index contributed by atoms with van der Waals surface area (Å²) >= 11 is 9.27. The van der Waals surface area contributed by atoms with Crippen LogP contribution in [-0.2, 0) is 6.42 Å². The average Bonchev–Trinajstić information content (AvgIpc) is 2.32. The van der Waals surface area contributed by atoms with Crippen LogP contribution in [0.4, 0.5) is 4.39 Å². The second kappa shape index (κ2) is 5.78. The molecule has 0 amide bonds. The molecular formula is C13H11BrClFN2. The second-order valence-electron chi connectivity index (χ2n) is 3.91. The third-order valence-corrected chi connectivity index (χ3v) is 3.39. The van der Waals surface area contributed by atoms with E-state index in [0.717, 1.165) is 10.2 Å². The largest absolute Gasteiger partial charge is 0.323 e. The Morgan fingerprint density at radius 3 is 2.72 bits per heavy atom. The fraction of sp³-hybridized carbons (Fsp3) is 0.154. The maximum atomic E-state index is 13.7.